The number of nitrogens with zero attached hydrogens (tertiary/aromatic N) is 2. The second kappa shape index (κ2) is 4.33. The monoisotopic (exact) mass is 211 g/mol. The van der Waals surface area contributed by atoms with E-state index < -0.39 is 5.60 Å². The topological polar surface area (TPSA) is 70.1 Å². The van der Waals surface area contributed by atoms with Crippen LogP contribution in [0.4, 0.5) is 5.69 Å². The lowest BCUT2D eigenvalue weighted by atomic mass is 10.2. The molecule has 1 aromatic heterocycles. The van der Waals surface area contributed by atoms with Gasteiger partial charge in [-0.15, -0.1) is 0 Å². The van der Waals surface area contributed by atoms with Crippen molar-refractivity contribution in [2.45, 2.75) is 39.3 Å². The van der Waals surface area contributed by atoms with Crippen molar-refractivity contribution in [3.8, 4) is 0 Å². The molecule has 0 amide bonds. The van der Waals surface area contributed by atoms with E-state index in [-0.39, 0.29) is 5.97 Å². The molecule has 0 bridgehead atoms. The van der Waals surface area contributed by atoms with Crippen molar-refractivity contribution in [3.05, 3.63) is 12.4 Å². The number of carbonyl (C=O) groups is 1. The summed E-state index contributed by atoms with van der Waals surface area (Å²) in [6, 6.07) is 0. The first-order chi connectivity index (χ1) is 6.87. The highest BCUT2D eigenvalue weighted by Crippen LogP contribution is 2.08. The van der Waals surface area contributed by atoms with Crippen LogP contribution in [0.3, 0.4) is 0 Å². The smallest absolute Gasteiger partial charge is 0.308 e. The fraction of sp³-hybridized carbons (Fsp3) is 0.600. The summed E-state index contributed by atoms with van der Waals surface area (Å²) >= 11 is 0. The molecule has 1 aromatic rings. The van der Waals surface area contributed by atoms with E-state index in [0.717, 1.165) is 0 Å². The van der Waals surface area contributed by atoms with E-state index >= 15 is 0 Å². The molecule has 5 nitrogen and oxygen atoms in total. The first kappa shape index (κ1) is 11.6. The molecule has 0 saturated carbocycles. The second-order valence-electron chi connectivity index (χ2n) is 4.37. The fourth-order valence-corrected chi connectivity index (χ4v) is 1.10. The average Bonchev–Trinajstić information content (AvgIpc) is 2.45. The van der Waals surface area contributed by atoms with Gasteiger partial charge in [0, 0.05) is 6.20 Å². The Balaban J connectivity index is 2.35. The average molecular weight is 211 g/mol. The van der Waals surface area contributed by atoms with Crippen LogP contribution in [0.25, 0.3) is 0 Å². The number of nitrogens with two attached hydrogens (primary N) is 1. The SMILES string of the molecule is CC(C)(C)OC(=O)CCn1cc(N)cn1. The first-order valence-corrected chi connectivity index (χ1v) is 4.86. The maximum atomic E-state index is 11.3. The number of hydrogen-bond donors (Lipinski definition) is 1. The van der Waals surface area contributed by atoms with Gasteiger partial charge in [-0.3, -0.25) is 9.48 Å². The minimum Gasteiger partial charge on any atom is -0.460 e. The fourth-order valence-electron chi connectivity index (χ4n) is 1.10. The normalized spacial score (nSPS) is 11.4. The van der Waals surface area contributed by atoms with Crippen LogP contribution >= 0.6 is 0 Å². The summed E-state index contributed by atoms with van der Waals surface area (Å²) in [5.41, 5.74) is 5.65. The van der Waals surface area contributed by atoms with E-state index in [2.05, 4.69) is 5.10 Å². The molecule has 0 unspecified atom stereocenters. The zero-order chi connectivity index (χ0) is 11.5. The predicted molar refractivity (Wildman–Crippen MR) is 57.1 cm³/mol. The number of carbonyl (C=O) groups excluding carboxylic acids is 1. The van der Waals surface area contributed by atoms with Gasteiger partial charge in [0.25, 0.3) is 0 Å². The molecule has 15 heavy (non-hydrogen) atoms. The third-order valence-electron chi connectivity index (χ3n) is 1.62. The molecular formula is C10H17N3O2. The van der Waals surface area contributed by atoms with E-state index in [1.165, 1.54) is 0 Å². The highest BCUT2D eigenvalue weighted by atomic mass is 16.6. The maximum Gasteiger partial charge on any atom is 0.308 e. The Kier molecular flexibility index (Phi) is 3.34. The van der Waals surface area contributed by atoms with Crippen molar-refractivity contribution in [1.82, 2.24) is 9.78 Å². The van der Waals surface area contributed by atoms with Crippen LogP contribution in [0.1, 0.15) is 27.2 Å². The van der Waals surface area contributed by atoms with Crippen molar-refractivity contribution >= 4 is 11.7 Å². The van der Waals surface area contributed by atoms with Gasteiger partial charge in [0.05, 0.1) is 24.8 Å². The van der Waals surface area contributed by atoms with Gasteiger partial charge in [-0.05, 0) is 20.8 Å². The lowest BCUT2D eigenvalue weighted by molar-refractivity contribution is -0.155. The number of rotatable bonds is 3. The van der Waals surface area contributed by atoms with Crippen LogP contribution in [-0.2, 0) is 16.1 Å². The summed E-state index contributed by atoms with van der Waals surface area (Å²) in [4.78, 5) is 11.3. The van der Waals surface area contributed by atoms with Crippen molar-refractivity contribution in [1.29, 1.82) is 0 Å². The molecule has 0 aliphatic carbocycles. The van der Waals surface area contributed by atoms with Crippen LogP contribution in [-0.4, -0.2) is 21.4 Å². The van der Waals surface area contributed by atoms with Gasteiger partial charge in [0.2, 0.25) is 0 Å². The summed E-state index contributed by atoms with van der Waals surface area (Å²) in [5.74, 6) is -0.225. The van der Waals surface area contributed by atoms with Crippen LogP contribution < -0.4 is 5.73 Å². The summed E-state index contributed by atoms with van der Waals surface area (Å²) in [7, 11) is 0. The highest BCUT2D eigenvalue weighted by molar-refractivity contribution is 5.69. The quantitative estimate of drug-likeness (QED) is 0.762. The number of hydrogen-bond acceptors (Lipinski definition) is 4. The molecule has 84 valence electrons. The van der Waals surface area contributed by atoms with E-state index in [1.807, 2.05) is 20.8 Å². The Labute approximate surface area is 89.2 Å². The molecule has 0 aliphatic rings. The van der Waals surface area contributed by atoms with Crippen molar-refractivity contribution in [2.24, 2.45) is 0 Å². The van der Waals surface area contributed by atoms with Gasteiger partial charge in [0.15, 0.2) is 0 Å². The molecular weight excluding hydrogens is 194 g/mol. The number of ether oxygens (including phenoxy) is 1. The molecule has 5 heteroatoms. The largest absolute Gasteiger partial charge is 0.460 e. The third-order valence-corrected chi connectivity index (χ3v) is 1.62. The Bertz CT molecular complexity index is 339. The zero-order valence-corrected chi connectivity index (χ0v) is 9.36. The lowest BCUT2D eigenvalue weighted by Gasteiger charge is -2.19. The Morgan fingerprint density at radius 1 is 1.60 bits per heavy atom. The van der Waals surface area contributed by atoms with Crippen LogP contribution in [0, 0.1) is 0 Å². The predicted octanol–water partition coefficient (Wildman–Crippen LogP) is 1.20. The Morgan fingerprint density at radius 3 is 2.73 bits per heavy atom. The highest BCUT2D eigenvalue weighted by Gasteiger charge is 2.15. The van der Waals surface area contributed by atoms with Crippen LogP contribution in [0.5, 0.6) is 0 Å². The number of aryl methyl sites for hydroxylation is 1. The van der Waals surface area contributed by atoms with Crippen molar-refractivity contribution < 1.29 is 9.53 Å². The molecule has 2 N–H and O–H groups in total. The molecule has 1 rings (SSSR count). The molecule has 0 saturated heterocycles. The van der Waals surface area contributed by atoms with Gasteiger partial charge in [-0.2, -0.15) is 5.10 Å². The summed E-state index contributed by atoms with van der Waals surface area (Å²) in [6.07, 6.45) is 3.54. The van der Waals surface area contributed by atoms with Crippen molar-refractivity contribution in [3.63, 3.8) is 0 Å². The Hall–Kier alpha value is -1.52. The number of nitrogen functional groups attached to an aromatic ring is 1. The molecule has 0 atom stereocenters. The molecule has 0 aliphatic heterocycles. The van der Waals surface area contributed by atoms with Gasteiger partial charge >= 0.3 is 5.97 Å². The molecule has 0 radical (unpaired) electrons. The summed E-state index contributed by atoms with van der Waals surface area (Å²) < 4.78 is 6.78. The molecule has 0 aromatic carbocycles. The standard InChI is InChI=1S/C10H17N3O2/c1-10(2,3)15-9(14)4-5-13-7-8(11)6-12-13/h6-7H,4-5,11H2,1-3H3. The zero-order valence-electron chi connectivity index (χ0n) is 9.36. The molecule has 0 fully saturated rings. The van der Waals surface area contributed by atoms with Gasteiger partial charge < -0.3 is 10.5 Å². The lowest BCUT2D eigenvalue weighted by Crippen LogP contribution is -2.24. The van der Waals surface area contributed by atoms with E-state index in [0.29, 0.717) is 18.7 Å². The summed E-state index contributed by atoms with van der Waals surface area (Å²) in [6.45, 7) is 6.02. The first-order valence-electron chi connectivity index (χ1n) is 4.86. The Morgan fingerprint density at radius 2 is 2.27 bits per heavy atom. The molecule has 1 heterocycles. The van der Waals surface area contributed by atoms with Gasteiger partial charge in [-0.25, -0.2) is 0 Å². The van der Waals surface area contributed by atoms with Crippen molar-refractivity contribution in [2.75, 3.05) is 5.73 Å². The second-order valence-corrected chi connectivity index (χ2v) is 4.37. The number of anilines is 1. The minimum absolute atomic E-state index is 0.225. The molecule has 0 spiro atoms. The van der Waals surface area contributed by atoms with E-state index in [4.69, 9.17) is 10.5 Å². The van der Waals surface area contributed by atoms with Gasteiger partial charge in [-0.1, -0.05) is 0 Å². The number of esters is 1. The number of aromatic nitrogens is 2. The maximum absolute atomic E-state index is 11.3. The summed E-state index contributed by atoms with van der Waals surface area (Å²) in [5, 5.41) is 3.97. The van der Waals surface area contributed by atoms with Gasteiger partial charge in [0.1, 0.15) is 5.60 Å². The van der Waals surface area contributed by atoms with Crippen LogP contribution in [0.15, 0.2) is 12.4 Å². The van der Waals surface area contributed by atoms with E-state index in [9.17, 15) is 4.79 Å². The van der Waals surface area contributed by atoms with E-state index in [1.54, 1.807) is 17.1 Å². The van der Waals surface area contributed by atoms with Crippen LogP contribution in [0.2, 0.25) is 0 Å². The minimum atomic E-state index is -0.430. The third kappa shape index (κ3) is 4.49.